The van der Waals surface area contributed by atoms with Crippen LogP contribution in [0.1, 0.15) is 26.3 Å². The van der Waals surface area contributed by atoms with Crippen LogP contribution in [0.3, 0.4) is 0 Å². The van der Waals surface area contributed by atoms with E-state index in [0.29, 0.717) is 6.29 Å². The Morgan fingerprint density at radius 1 is 1.11 bits per heavy atom. The molecule has 0 bridgehead atoms. The van der Waals surface area contributed by atoms with E-state index in [9.17, 15) is 19.1 Å². The number of phenolic OH excluding ortho intramolecular Hbond substituents is 1. The first kappa shape index (κ1) is 12.0. The highest BCUT2D eigenvalue weighted by molar-refractivity contribution is 6.14. The number of aromatic hydroxyl groups is 1. The Balaban J connectivity index is 2.60. The van der Waals surface area contributed by atoms with Crippen LogP contribution in [0.15, 0.2) is 42.5 Å². The molecular weight excluding hydrogens is 235 g/mol. The van der Waals surface area contributed by atoms with Gasteiger partial charge in [-0.05, 0) is 18.2 Å². The maximum Gasteiger partial charge on any atom is 0.200 e. The largest absolute Gasteiger partial charge is 0.507 e. The highest BCUT2D eigenvalue weighted by atomic mass is 19.1. The third-order valence-electron chi connectivity index (χ3n) is 2.55. The van der Waals surface area contributed by atoms with Gasteiger partial charge >= 0.3 is 0 Å². The maximum atomic E-state index is 13.5. The summed E-state index contributed by atoms with van der Waals surface area (Å²) in [6.07, 6.45) is 0.452. The van der Waals surface area contributed by atoms with Crippen LogP contribution in [0, 0.1) is 5.82 Å². The molecule has 2 aromatic carbocycles. The molecule has 2 rings (SSSR count). The van der Waals surface area contributed by atoms with Crippen LogP contribution >= 0.6 is 0 Å². The number of hydrogen-bond acceptors (Lipinski definition) is 3. The van der Waals surface area contributed by atoms with Gasteiger partial charge in [0.25, 0.3) is 0 Å². The smallest absolute Gasteiger partial charge is 0.200 e. The van der Waals surface area contributed by atoms with E-state index in [0.717, 1.165) is 6.07 Å². The van der Waals surface area contributed by atoms with Gasteiger partial charge in [0.2, 0.25) is 0 Å². The van der Waals surface area contributed by atoms with Crippen LogP contribution < -0.4 is 0 Å². The van der Waals surface area contributed by atoms with Crippen molar-refractivity contribution in [2.75, 3.05) is 0 Å². The zero-order valence-corrected chi connectivity index (χ0v) is 9.26. The molecule has 0 radical (unpaired) electrons. The summed E-state index contributed by atoms with van der Waals surface area (Å²) >= 11 is 0. The molecule has 90 valence electrons. The fraction of sp³-hybridized carbons (Fsp3) is 0. The lowest BCUT2D eigenvalue weighted by Crippen LogP contribution is -2.07. The molecule has 0 fully saturated rings. The average molecular weight is 244 g/mol. The fourth-order valence-electron chi connectivity index (χ4n) is 1.68. The standard InChI is InChI=1S/C14H9FO3/c15-11-6-2-1-5-10(11)14(18)13-9(8-16)4-3-7-12(13)17/h1-8,17H. The van der Waals surface area contributed by atoms with Crippen molar-refractivity contribution < 1.29 is 19.1 Å². The topological polar surface area (TPSA) is 54.4 Å². The van der Waals surface area contributed by atoms with E-state index in [4.69, 9.17) is 0 Å². The summed E-state index contributed by atoms with van der Waals surface area (Å²) < 4.78 is 13.5. The molecule has 0 aliphatic rings. The highest BCUT2D eigenvalue weighted by Crippen LogP contribution is 2.24. The van der Waals surface area contributed by atoms with E-state index < -0.39 is 11.6 Å². The van der Waals surface area contributed by atoms with Crippen molar-refractivity contribution in [2.45, 2.75) is 0 Å². The Kier molecular flexibility index (Phi) is 3.19. The lowest BCUT2D eigenvalue weighted by atomic mass is 9.97. The van der Waals surface area contributed by atoms with E-state index in [-0.39, 0.29) is 22.4 Å². The summed E-state index contributed by atoms with van der Waals surface area (Å²) in [5, 5.41) is 9.64. The minimum atomic E-state index is -0.715. The zero-order valence-electron chi connectivity index (χ0n) is 9.26. The average Bonchev–Trinajstić information content (AvgIpc) is 2.38. The SMILES string of the molecule is O=Cc1cccc(O)c1C(=O)c1ccccc1F. The van der Waals surface area contributed by atoms with E-state index >= 15 is 0 Å². The minimum Gasteiger partial charge on any atom is -0.507 e. The van der Waals surface area contributed by atoms with Crippen molar-refractivity contribution in [1.29, 1.82) is 0 Å². The highest BCUT2D eigenvalue weighted by Gasteiger charge is 2.20. The molecular formula is C14H9FO3. The molecule has 0 saturated heterocycles. The van der Waals surface area contributed by atoms with E-state index in [1.54, 1.807) is 0 Å². The summed E-state index contributed by atoms with van der Waals surface area (Å²) in [5.41, 5.74) is -0.331. The van der Waals surface area contributed by atoms with Crippen LogP contribution in [0.5, 0.6) is 5.75 Å². The molecule has 0 amide bonds. The number of aldehydes is 1. The van der Waals surface area contributed by atoms with Crippen LogP contribution in [0.25, 0.3) is 0 Å². The van der Waals surface area contributed by atoms with Crippen molar-refractivity contribution >= 4 is 12.1 Å². The van der Waals surface area contributed by atoms with Crippen LogP contribution in [-0.4, -0.2) is 17.2 Å². The van der Waals surface area contributed by atoms with Gasteiger partial charge in [-0.25, -0.2) is 4.39 Å². The molecule has 3 nitrogen and oxygen atoms in total. The predicted molar refractivity (Wildman–Crippen MR) is 63.3 cm³/mol. The molecule has 0 aliphatic carbocycles. The summed E-state index contributed by atoms with van der Waals surface area (Å²) in [5.74, 6) is -1.75. The Morgan fingerprint density at radius 2 is 1.83 bits per heavy atom. The molecule has 0 atom stereocenters. The van der Waals surface area contributed by atoms with Crippen molar-refractivity contribution in [3.63, 3.8) is 0 Å². The second-order valence-corrected chi connectivity index (χ2v) is 3.67. The number of rotatable bonds is 3. The molecule has 1 N–H and O–H groups in total. The van der Waals surface area contributed by atoms with Crippen molar-refractivity contribution in [3.8, 4) is 5.75 Å². The number of phenols is 1. The van der Waals surface area contributed by atoms with Gasteiger partial charge in [0, 0.05) is 5.56 Å². The molecule has 0 heterocycles. The van der Waals surface area contributed by atoms with Crippen molar-refractivity contribution in [3.05, 3.63) is 65.0 Å². The van der Waals surface area contributed by atoms with Gasteiger partial charge in [-0.2, -0.15) is 0 Å². The third-order valence-corrected chi connectivity index (χ3v) is 2.55. The number of hydrogen-bond donors (Lipinski definition) is 1. The van der Waals surface area contributed by atoms with Crippen molar-refractivity contribution in [1.82, 2.24) is 0 Å². The Labute approximate surface area is 103 Å². The van der Waals surface area contributed by atoms with Gasteiger partial charge in [-0.3, -0.25) is 9.59 Å². The first-order valence-electron chi connectivity index (χ1n) is 5.21. The number of carbonyl (C=O) groups is 2. The molecule has 0 saturated carbocycles. The normalized spacial score (nSPS) is 10.1. The van der Waals surface area contributed by atoms with E-state index in [1.807, 2.05) is 0 Å². The van der Waals surface area contributed by atoms with Crippen molar-refractivity contribution in [2.24, 2.45) is 0 Å². The minimum absolute atomic E-state index is 0.0308. The molecule has 0 aromatic heterocycles. The second-order valence-electron chi connectivity index (χ2n) is 3.67. The number of halogens is 1. The van der Waals surface area contributed by atoms with Gasteiger partial charge in [0.1, 0.15) is 11.6 Å². The molecule has 0 spiro atoms. The van der Waals surface area contributed by atoms with Crippen LogP contribution in [0.2, 0.25) is 0 Å². The Hall–Kier alpha value is -2.49. The van der Waals surface area contributed by atoms with Gasteiger partial charge < -0.3 is 5.11 Å². The number of carbonyl (C=O) groups excluding carboxylic acids is 2. The lowest BCUT2D eigenvalue weighted by Gasteiger charge is -2.07. The quantitative estimate of drug-likeness (QED) is 0.666. The molecule has 2 aromatic rings. The monoisotopic (exact) mass is 244 g/mol. The van der Waals surface area contributed by atoms with Gasteiger partial charge in [-0.1, -0.05) is 24.3 Å². The van der Waals surface area contributed by atoms with E-state index in [2.05, 4.69) is 0 Å². The molecule has 18 heavy (non-hydrogen) atoms. The summed E-state index contributed by atoms with van der Waals surface area (Å²) in [7, 11) is 0. The zero-order chi connectivity index (χ0) is 13.1. The first-order valence-corrected chi connectivity index (χ1v) is 5.21. The predicted octanol–water partition coefficient (Wildman–Crippen LogP) is 2.57. The lowest BCUT2D eigenvalue weighted by molar-refractivity contribution is 0.102. The van der Waals surface area contributed by atoms with E-state index in [1.165, 1.54) is 36.4 Å². The molecule has 4 heteroatoms. The second kappa shape index (κ2) is 4.79. The maximum absolute atomic E-state index is 13.5. The summed E-state index contributed by atoms with van der Waals surface area (Å²) in [4.78, 5) is 23.0. The molecule has 0 aliphatic heterocycles. The fourth-order valence-corrected chi connectivity index (χ4v) is 1.68. The number of benzene rings is 2. The Morgan fingerprint density at radius 3 is 2.50 bits per heavy atom. The molecule has 0 unspecified atom stereocenters. The van der Waals surface area contributed by atoms with Gasteiger partial charge in [0.15, 0.2) is 12.1 Å². The number of ketones is 1. The Bertz CT molecular complexity index is 620. The third kappa shape index (κ3) is 2.00. The van der Waals surface area contributed by atoms with Gasteiger partial charge in [0.05, 0.1) is 11.1 Å². The van der Waals surface area contributed by atoms with Crippen LogP contribution in [-0.2, 0) is 0 Å². The van der Waals surface area contributed by atoms with Crippen LogP contribution in [0.4, 0.5) is 4.39 Å². The summed E-state index contributed by atoms with van der Waals surface area (Å²) in [6, 6.07) is 9.53. The van der Waals surface area contributed by atoms with Gasteiger partial charge in [-0.15, -0.1) is 0 Å². The summed E-state index contributed by atoms with van der Waals surface area (Å²) in [6.45, 7) is 0. The first-order chi connectivity index (χ1) is 8.65.